The minimum atomic E-state index is -4.70. The Hall–Kier alpha value is -1.63. The van der Waals surface area contributed by atoms with Gasteiger partial charge in [0.25, 0.3) is 5.69 Å². The van der Waals surface area contributed by atoms with Crippen LogP contribution in [-0.4, -0.2) is 11.1 Å². The topological polar surface area (TPSA) is 69.2 Å². The highest BCUT2D eigenvalue weighted by Gasteiger charge is 2.41. The van der Waals surface area contributed by atoms with Gasteiger partial charge in [-0.3, -0.25) is 10.1 Å². The summed E-state index contributed by atoms with van der Waals surface area (Å²) in [5, 5.41) is 10.6. The summed E-state index contributed by atoms with van der Waals surface area (Å²) in [6.45, 7) is 1.36. The Morgan fingerprint density at radius 2 is 2.00 bits per heavy atom. The second-order valence-corrected chi connectivity index (χ2v) is 3.28. The summed E-state index contributed by atoms with van der Waals surface area (Å²) in [4.78, 5) is 9.72. The Morgan fingerprint density at radius 1 is 1.44 bits per heavy atom. The van der Waals surface area contributed by atoms with Crippen LogP contribution in [0.3, 0.4) is 0 Å². The fourth-order valence-electron chi connectivity index (χ4n) is 1.39. The fourth-order valence-corrected chi connectivity index (χ4v) is 1.39. The lowest BCUT2D eigenvalue weighted by atomic mass is 9.99. The van der Waals surface area contributed by atoms with Crippen molar-refractivity contribution in [2.75, 3.05) is 0 Å². The summed E-state index contributed by atoms with van der Waals surface area (Å²) in [5.74, 6) is 0. The van der Waals surface area contributed by atoms with Gasteiger partial charge >= 0.3 is 6.18 Å². The third kappa shape index (κ3) is 2.30. The zero-order valence-corrected chi connectivity index (χ0v) is 8.28. The molecule has 16 heavy (non-hydrogen) atoms. The molecule has 1 aromatic carbocycles. The van der Waals surface area contributed by atoms with Crippen LogP contribution >= 0.6 is 0 Å². The molecule has 1 aromatic rings. The van der Waals surface area contributed by atoms with E-state index in [0.717, 1.165) is 6.07 Å². The average Bonchev–Trinajstić information content (AvgIpc) is 2.14. The molecule has 88 valence electrons. The first kappa shape index (κ1) is 12.4. The third-order valence-electron chi connectivity index (χ3n) is 2.16. The van der Waals surface area contributed by atoms with Gasteiger partial charge in [0.05, 0.1) is 10.5 Å². The predicted molar refractivity (Wildman–Crippen MR) is 50.8 cm³/mol. The minimum absolute atomic E-state index is 0.152. The molecule has 4 nitrogen and oxygen atoms in total. The molecule has 0 saturated heterocycles. The summed E-state index contributed by atoms with van der Waals surface area (Å²) in [5.41, 5.74) is 4.04. The SMILES string of the molecule is Cc1cccc([N+](=O)[O-])c1C(N)C(F)(F)F. The maximum Gasteiger partial charge on any atom is 0.407 e. The molecular formula is C9H9F3N2O2. The summed E-state index contributed by atoms with van der Waals surface area (Å²) >= 11 is 0. The van der Waals surface area contributed by atoms with Crippen LogP contribution in [0.15, 0.2) is 18.2 Å². The van der Waals surface area contributed by atoms with Crippen molar-refractivity contribution >= 4 is 5.69 Å². The summed E-state index contributed by atoms with van der Waals surface area (Å²) in [6, 6.07) is 1.34. The normalized spacial score (nSPS) is 13.6. The van der Waals surface area contributed by atoms with E-state index in [1.54, 1.807) is 0 Å². The van der Waals surface area contributed by atoms with Gasteiger partial charge < -0.3 is 5.73 Å². The van der Waals surface area contributed by atoms with E-state index in [0.29, 0.717) is 0 Å². The van der Waals surface area contributed by atoms with Crippen molar-refractivity contribution in [3.8, 4) is 0 Å². The third-order valence-corrected chi connectivity index (χ3v) is 2.16. The lowest BCUT2D eigenvalue weighted by Gasteiger charge is -2.17. The van der Waals surface area contributed by atoms with Crippen LogP contribution in [0.5, 0.6) is 0 Å². The highest BCUT2D eigenvalue weighted by atomic mass is 19.4. The summed E-state index contributed by atoms with van der Waals surface area (Å²) < 4.78 is 37.2. The lowest BCUT2D eigenvalue weighted by molar-refractivity contribution is -0.386. The number of hydrogen-bond donors (Lipinski definition) is 1. The number of halogens is 3. The number of hydrogen-bond acceptors (Lipinski definition) is 3. The Bertz CT molecular complexity index is 418. The van der Waals surface area contributed by atoms with Gasteiger partial charge in [0.2, 0.25) is 0 Å². The maximum atomic E-state index is 12.4. The van der Waals surface area contributed by atoms with Crippen molar-refractivity contribution in [2.24, 2.45) is 5.73 Å². The van der Waals surface area contributed by atoms with Gasteiger partial charge in [0, 0.05) is 6.07 Å². The van der Waals surface area contributed by atoms with Crippen LogP contribution in [0.1, 0.15) is 17.2 Å². The predicted octanol–water partition coefficient (Wildman–Crippen LogP) is 2.47. The molecule has 0 saturated carbocycles. The van der Waals surface area contributed by atoms with Crippen LogP contribution < -0.4 is 5.73 Å². The Kier molecular flexibility index (Phi) is 3.18. The van der Waals surface area contributed by atoms with Crippen LogP contribution in [0.4, 0.5) is 18.9 Å². The maximum absolute atomic E-state index is 12.4. The minimum Gasteiger partial charge on any atom is -0.316 e. The van der Waals surface area contributed by atoms with Crippen molar-refractivity contribution in [3.63, 3.8) is 0 Å². The molecule has 0 heterocycles. The highest BCUT2D eigenvalue weighted by molar-refractivity contribution is 5.47. The highest BCUT2D eigenvalue weighted by Crippen LogP contribution is 2.36. The van der Waals surface area contributed by atoms with Crippen LogP contribution in [-0.2, 0) is 0 Å². The lowest BCUT2D eigenvalue weighted by Crippen LogP contribution is -2.29. The Labute approximate surface area is 89.0 Å². The summed E-state index contributed by atoms with van der Waals surface area (Å²) in [7, 11) is 0. The average molecular weight is 234 g/mol. The first-order valence-corrected chi connectivity index (χ1v) is 4.31. The van der Waals surface area contributed by atoms with E-state index in [9.17, 15) is 23.3 Å². The van der Waals surface area contributed by atoms with Crippen molar-refractivity contribution in [3.05, 3.63) is 39.4 Å². The second-order valence-electron chi connectivity index (χ2n) is 3.28. The van der Waals surface area contributed by atoms with Crippen molar-refractivity contribution in [1.82, 2.24) is 0 Å². The van der Waals surface area contributed by atoms with E-state index in [4.69, 9.17) is 5.73 Å². The molecule has 0 aliphatic heterocycles. The Morgan fingerprint density at radius 3 is 2.44 bits per heavy atom. The van der Waals surface area contributed by atoms with Gasteiger partial charge in [0.1, 0.15) is 6.04 Å². The quantitative estimate of drug-likeness (QED) is 0.631. The molecule has 2 N–H and O–H groups in total. The van der Waals surface area contributed by atoms with Crippen molar-refractivity contribution in [2.45, 2.75) is 19.1 Å². The number of aryl methyl sites for hydroxylation is 1. The van der Waals surface area contributed by atoms with Gasteiger partial charge in [0.15, 0.2) is 0 Å². The zero-order chi connectivity index (χ0) is 12.5. The molecule has 1 unspecified atom stereocenters. The van der Waals surface area contributed by atoms with E-state index in [2.05, 4.69) is 0 Å². The van der Waals surface area contributed by atoms with E-state index in [-0.39, 0.29) is 5.56 Å². The van der Waals surface area contributed by atoms with Crippen molar-refractivity contribution < 1.29 is 18.1 Å². The van der Waals surface area contributed by atoms with E-state index in [1.807, 2.05) is 0 Å². The molecule has 0 fully saturated rings. The van der Waals surface area contributed by atoms with Crippen LogP contribution in [0.2, 0.25) is 0 Å². The molecule has 0 bridgehead atoms. The number of nitrogens with zero attached hydrogens (tertiary/aromatic N) is 1. The molecule has 1 rings (SSSR count). The van der Waals surface area contributed by atoms with Crippen LogP contribution in [0, 0.1) is 17.0 Å². The molecule has 0 aromatic heterocycles. The van der Waals surface area contributed by atoms with Crippen LogP contribution in [0.25, 0.3) is 0 Å². The number of alkyl halides is 3. The monoisotopic (exact) mass is 234 g/mol. The molecule has 0 aliphatic rings. The van der Waals surface area contributed by atoms with Gasteiger partial charge in [-0.15, -0.1) is 0 Å². The molecule has 7 heteroatoms. The van der Waals surface area contributed by atoms with Gasteiger partial charge in [-0.25, -0.2) is 0 Å². The van der Waals surface area contributed by atoms with E-state index < -0.39 is 28.4 Å². The molecule has 0 amide bonds. The number of benzene rings is 1. The first-order chi connectivity index (χ1) is 7.25. The number of nitro benzene ring substituents is 1. The van der Waals surface area contributed by atoms with Gasteiger partial charge in [-0.1, -0.05) is 12.1 Å². The summed E-state index contributed by atoms with van der Waals surface area (Å²) in [6.07, 6.45) is -4.70. The molecule has 0 spiro atoms. The second kappa shape index (κ2) is 4.09. The number of nitrogens with two attached hydrogens (primary N) is 1. The molecular weight excluding hydrogens is 225 g/mol. The Balaban J connectivity index is 3.36. The van der Waals surface area contributed by atoms with E-state index in [1.165, 1.54) is 19.1 Å². The standard InChI is InChI=1S/C9H9F3N2O2/c1-5-3-2-4-6(14(15)16)7(5)8(13)9(10,11)12/h2-4,8H,13H2,1H3. The fraction of sp³-hybridized carbons (Fsp3) is 0.333. The number of nitro groups is 1. The van der Waals surface area contributed by atoms with Gasteiger partial charge in [-0.05, 0) is 12.5 Å². The van der Waals surface area contributed by atoms with E-state index >= 15 is 0 Å². The molecule has 1 atom stereocenters. The zero-order valence-electron chi connectivity index (χ0n) is 8.28. The molecule has 0 aliphatic carbocycles. The number of rotatable bonds is 2. The molecule has 0 radical (unpaired) electrons. The first-order valence-electron chi connectivity index (χ1n) is 4.31. The van der Waals surface area contributed by atoms with Crippen molar-refractivity contribution in [1.29, 1.82) is 0 Å². The largest absolute Gasteiger partial charge is 0.407 e. The smallest absolute Gasteiger partial charge is 0.316 e. The van der Waals surface area contributed by atoms with Gasteiger partial charge in [-0.2, -0.15) is 13.2 Å².